The van der Waals surface area contributed by atoms with Gasteiger partial charge in [0.15, 0.2) is 6.04 Å². The molecule has 0 radical (unpaired) electrons. The molecule has 0 saturated heterocycles. The van der Waals surface area contributed by atoms with Gasteiger partial charge in [0.25, 0.3) is 0 Å². The van der Waals surface area contributed by atoms with E-state index >= 15 is 0 Å². The molecule has 0 spiro atoms. The quantitative estimate of drug-likeness (QED) is 0.129. The number of nitrogens with one attached hydrogen (secondary N) is 3. The van der Waals surface area contributed by atoms with Crippen LogP contribution in [0.3, 0.4) is 0 Å². The number of carboxylic acids is 3. The number of hydrogen-bond acceptors (Lipinski definition) is 9. The van der Waals surface area contributed by atoms with Crippen LogP contribution in [0.2, 0.25) is 0 Å². The third kappa shape index (κ3) is 9.83. The minimum Gasteiger partial charge on any atom is -0.481 e. The first-order valence-electron chi connectivity index (χ1n) is 8.86. The lowest BCUT2D eigenvalue weighted by Gasteiger charge is -2.26. The van der Waals surface area contributed by atoms with Gasteiger partial charge in [-0.05, 0) is 13.8 Å². The lowest BCUT2D eigenvalue weighted by Crippen LogP contribution is -2.60. The number of aliphatic hydroxyl groups is 2. The standard InChI is InChI=1S/C16H26N4O11/c1-5(21)11(19-13(27)7(17)3-9(23)24)15(29)18-8(4-10(25)26)14(28)20-12(6(2)22)16(30)31/h5-8,11-12,21-22H,3-4,17H2,1-2H3,(H,18,29)(H,19,27)(H,20,28)(H,23,24)(H,25,26)(H,30,31). The summed E-state index contributed by atoms with van der Waals surface area (Å²) in [6, 6.07) is -6.95. The SMILES string of the molecule is CC(O)C(NC(=O)C(CC(=O)O)NC(=O)C(NC(=O)C(N)CC(=O)O)C(C)O)C(=O)O. The lowest BCUT2D eigenvalue weighted by molar-refractivity contribution is -0.146. The molecule has 0 aliphatic heterocycles. The molecular weight excluding hydrogens is 424 g/mol. The zero-order valence-electron chi connectivity index (χ0n) is 16.6. The molecule has 15 heteroatoms. The summed E-state index contributed by atoms with van der Waals surface area (Å²) in [5, 5.41) is 51.6. The Kier molecular flexibility index (Phi) is 11.1. The number of hydrogen-bond donors (Lipinski definition) is 9. The van der Waals surface area contributed by atoms with Crippen molar-refractivity contribution in [3.63, 3.8) is 0 Å². The minimum absolute atomic E-state index is 0.778. The van der Waals surface area contributed by atoms with Crippen LogP contribution in [-0.4, -0.2) is 97.5 Å². The molecule has 0 aromatic rings. The molecule has 0 aliphatic rings. The van der Waals surface area contributed by atoms with Gasteiger partial charge in [0.2, 0.25) is 17.7 Å². The summed E-state index contributed by atoms with van der Waals surface area (Å²) < 4.78 is 0. The molecule has 176 valence electrons. The highest BCUT2D eigenvalue weighted by atomic mass is 16.4. The number of aliphatic hydroxyl groups excluding tert-OH is 2. The Bertz CT molecular complexity index is 710. The molecule has 3 amide bonds. The van der Waals surface area contributed by atoms with Gasteiger partial charge in [-0.15, -0.1) is 0 Å². The fourth-order valence-corrected chi connectivity index (χ4v) is 2.23. The topological polar surface area (TPSA) is 266 Å². The van der Waals surface area contributed by atoms with Crippen molar-refractivity contribution >= 4 is 35.6 Å². The van der Waals surface area contributed by atoms with Crippen LogP contribution in [0.15, 0.2) is 0 Å². The summed E-state index contributed by atoms with van der Waals surface area (Å²) >= 11 is 0. The minimum atomic E-state index is -1.84. The Labute approximate surface area is 175 Å². The van der Waals surface area contributed by atoms with Gasteiger partial charge >= 0.3 is 17.9 Å². The van der Waals surface area contributed by atoms with Crippen LogP contribution in [0.4, 0.5) is 0 Å². The summed E-state index contributed by atoms with van der Waals surface area (Å²) in [6.07, 6.45) is -4.90. The maximum absolute atomic E-state index is 12.4. The van der Waals surface area contributed by atoms with E-state index in [9.17, 15) is 39.0 Å². The third-order valence-corrected chi connectivity index (χ3v) is 3.85. The maximum atomic E-state index is 12.4. The molecule has 10 N–H and O–H groups in total. The number of carboxylic acid groups (broad SMARTS) is 3. The molecule has 31 heavy (non-hydrogen) atoms. The zero-order chi connectivity index (χ0) is 24.5. The van der Waals surface area contributed by atoms with Crippen molar-refractivity contribution in [1.29, 1.82) is 0 Å². The van der Waals surface area contributed by atoms with Gasteiger partial charge in [-0.3, -0.25) is 24.0 Å². The fraction of sp³-hybridized carbons (Fsp3) is 0.625. The van der Waals surface area contributed by atoms with Crippen molar-refractivity contribution in [2.24, 2.45) is 5.73 Å². The monoisotopic (exact) mass is 450 g/mol. The van der Waals surface area contributed by atoms with Crippen LogP contribution in [0, 0.1) is 0 Å². The highest BCUT2D eigenvalue weighted by Gasteiger charge is 2.34. The molecule has 0 aliphatic carbocycles. The van der Waals surface area contributed by atoms with E-state index in [-0.39, 0.29) is 0 Å². The van der Waals surface area contributed by atoms with Crippen LogP contribution < -0.4 is 21.7 Å². The Morgan fingerprint density at radius 2 is 1.16 bits per heavy atom. The maximum Gasteiger partial charge on any atom is 0.328 e. The van der Waals surface area contributed by atoms with E-state index < -0.39 is 84.8 Å². The molecule has 6 atom stereocenters. The predicted octanol–water partition coefficient (Wildman–Crippen LogP) is -4.44. The van der Waals surface area contributed by atoms with E-state index in [0.29, 0.717) is 0 Å². The molecule has 0 fully saturated rings. The average molecular weight is 450 g/mol. The first-order chi connectivity index (χ1) is 14.2. The van der Waals surface area contributed by atoms with Gasteiger partial charge in [-0.1, -0.05) is 0 Å². The van der Waals surface area contributed by atoms with E-state index in [2.05, 4.69) is 0 Å². The van der Waals surface area contributed by atoms with E-state index in [1.807, 2.05) is 16.0 Å². The molecule has 0 bridgehead atoms. The Hall–Kier alpha value is -3.30. The highest BCUT2D eigenvalue weighted by molar-refractivity contribution is 5.96. The second-order valence-electron chi connectivity index (χ2n) is 6.66. The van der Waals surface area contributed by atoms with Gasteiger partial charge in [0, 0.05) is 0 Å². The summed E-state index contributed by atoms with van der Waals surface area (Å²) in [5.41, 5.74) is 5.37. The van der Waals surface area contributed by atoms with Crippen LogP contribution >= 0.6 is 0 Å². The number of rotatable bonds is 13. The molecular formula is C16H26N4O11. The van der Waals surface area contributed by atoms with Crippen molar-refractivity contribution in [1.82, 2.24) is 16.0 Å². The van der Waals surface area contributed by atoms with Crippen LogP contribution in [0.5, 0.6) is 0 Å². The van der Waals surface area contributed by atoms with Crippen molar-refractivity contribution < 1.29 is 54.3 Å². The van der Waals surface area contributed by atoms with E-state index in [1.165, 1.54) is 0 Å². The van der Waals surface area contributed by atoms with Gasteiger partial charge in [0.1, 0.15) is 12.1 Å². The number of aliphatic carboxylic acids is 3. The van der Waals surface area contributed by atoms with E-state index in [0.717, 1.165) is 13.8 Å². The smallest absolute Gasteiger partial charge is 0.328 e. The average Bonchev–Trinajstić information content (AvgIpc) is 2.60. The Morgan fingerprint density at radius 1 is 0.710 bits per heavy atom. The molecule has 0 saturated carbocycles. The summed E-state index contributed by atoms with van der Waals surface area (Å²) in [5.74, 6) is -8.16. The van der Waals surface area contributed by atoms with Gasteiger partial charge < -0.3 is 47.2 Å². The Morgan fingerprint density at radius 3 is 1.55 bits per heavy atom. The number of amides is 3. The van der Waals surface area contributed by atoms with Crippen molar-refractivity contribution in [2.45, 2.75) is 63.1 Å². The van der Waals surface area contributed by atoms with Gasteiger partial charge in [0.05, 0.1) is 31.1 Å². The molecule has 0 heterocycles. The van der Waals surface area contributed by atoms with Crippen LogP contribution in [0.1, 0.15) is 26.7 Å². The summed E-state index contributed by atoms with van der Waals surface area (Å²) in [6.45, 7) is 2.14. The first kappa shape index (κ1) is 27.7. The van der Waals surface area contributed by atoms with E-state index in [4.69, 9.17) is 21.1 Å². The molecule has 0 rings (SSSR count). The fourth-order valence-electron chi connectivity index (χ4n) is 2.23. The first-order valence-corrected chi connectivity index (χ1v) is 8.86. The zero-order valence-corrected chi connectivity index (χ0v) is 16.6. The van der Waals surface area contributed by atoms with Crippen molar-refractivity contribution in [3.05, 3.63) is 0 Å². The van der Waals surface area contributed by atoms with Crippen molar-refractivity contribution in [3.8, 4) is 0 Å². The third-order valence-electron chi connectivity index (χ3n) is 3.85. The largest absolute Gasteiger partial charge is 0.481 e. The molecule has 15 nitrogen and oxygen atoms in total. The van der Waals surface area contributed by atoms with Gasteiger partial charge in [-0.2, -0.15) is 0 Å². The summed E-state index contributed by atoms with van der Waals surface area (Å²) in [4.78, 5) is 69.4. The van der Waals surface area contributed by atoms with Crippen LogP contribution in [-0.2, 0) is 28.8 Å². The second-order valence-corrected chi connectivity index (χ2v) is 6.66. The van der Waals surface area contributed by atoms with E-state index in [1.54, 1.807) is 0 Å². The number of carbonyl (C=O) groups excluding carboxylic acids is 3. The predicted molar refractivity (Wildman–Crippen MR) is 99.3 cm³/mol. The molecule has 0 aromatic heterocycles. The number of carbonyl (C=O) groups is 6. The lowest BCUT2D eigenvalue weighted by atomic mass is 10.1. The van der Waals surface area contributed by atoms with Crippen LogP contribution in [0.25, 0.3) is 0 Å². The van der Waals surface area contributed by atoms with Gasteiger partial charge in [-0.25, -0.2) is 4.79 Å². The van der Waals surface area contributed by atoms with Crippen molar-refractivity contribution in [2.75, 3.05) is 0 Å². The molecule has 0 aromatic carbocycles. The summed E-state index contributed by atoms with van der Waals surface area (Å²) in [7, 11) is 0. The number of nitrogens with two attached hydrogens (primary N) is 1. The second kappa shape index (κ2) is 12.4. The normalized spacial score (nSPS) is 16.5. The Balaban J connectivity index is 5.46. The highest BCUT2D eigenvalue weighted by Crippen LogP contribution is 2.02. The molecule has 6 unspecified atom stereocenters.